The molecular formula is C13H16N2O2. The number of amides is 1. The molecule has 0 saturated carbocycles. The van der Waals surface area contributed by atoms with Crippen molar-refractivity contribution in [3.8, 4) is 0 Å². The van der Waals surface area contributed by atoms with E-state index in [-0.39, 0.29) is 18.6 Å². The summed E-state index contributed by atoms with van der Waals surface area (Å²) in [6.45, 7) is 1.33. The van der Waals surface area contributed by atoms with Crippen LogP contribution in [0.15, 0.2) is 30.3 Å². The summed E-state index contributed by atoms with van der Waals surface area (Å²) in [7, 11) is 0. The van der Waals surface area contributed by atoms with Crippen molar-refractivity contribution >= 4 is 5.91 Å². The molecular weight excluding hydrogens is 216 g/mol. The minimum atomic E-state index is -0.695. The number of likely N-dealkylation sites (tertiary alicyclic amines) is 1. The standard InChI is InChI=1S/C13H16N2O2/c16-9-13-6-11(7-14-13)15(12(13)17)8-10-4-2-1-3-5-10/h1-5,11,14,16H,6-9H2/t11-,13+/m0/s1. The van der Waals surface area contributed by atoms with Crippen molar-refractivity contribution in [3.63, 3.8) is 0 Å². The first-order valence-corrected chi connectivity index (χ1v) is 5.96. The maximum absolute atomic E-state index is 12.2. The van der Waals surface area contributed by atoms with Crippen molar-refractivity contribution in [2.45, 2.75) is 24.5 Å². The van der Waals surface area contributed by atoms with Gasteiger partial charge in [-0.1, -0.05) is 30.3 Å². The zero-order valence-electron chi connectivity index (χ0n) is 9.60. The second-order valence-electron chi connectivity index (χ2n) is 4.90. The summed E-state index contributed by atoms with van der Waals surface area (Å²) in [5, 5.41) is 12.5. The Bertz CT molecular complexity index is 434. The minimum absolute atomic E-state index is 0.0418. The van der Waals surface area contributed by atoms with Gasteiger partial charge in [0.15, 0.2) is 0 Å². The van der Waals surface area contributed by atoms with E-state index in [1.165, 1.54) is 0 Å². The molecule has 2 heterocycles. The number of aliphatic hydroxyl groups excluding tert-OH is 1. The van der Waals surface area contributed by atoms with Gasteiger partial charge in [-0.2, -0.15) is 0 Å². The fourth-order valence-corrected chi connectivity index (χ4v) is 2.85. The molecule has 0 aliphatic carbocycles. The second kappa shape index (κ2) is 3.82. The number of aliphatic hydroxyl groups is 1. The van der Waals surface area contributed by atoms with E-state index in [1.807, 2.05) is 35.2 Å². The SMILES string of the molecule is O=C1N(Cc2ccccc2)[C@@H]2CN[C@@]1(CO)C2. The molecule has 0 radical (unpaired) electrons. The fraction of sp³-hybridized carbons (Fsp3) is 0.462. The Hall–Kier alpha value is -1.39. The number of carbonyl (C=O) groups is 1. The van der Waals surface area contributed by atoms with Crippen LogP contribution in [0.3, 0.4) is 0 Å². The molecule has 2 N–H and O–H groups in total. The van der Waals surface area contributed by atoms with Gasteiger partial charge in [0.25, 0.3) is 0 Å². The average molecular weight is 232 g/mol. The number of hydrogen-bond acceptors (Lipinski definition) is 3. The van der Waals surface area contributed by atoms with Crippen LogP contribution in [-0.2, 0) is 11.3 Å². The average Bonchev–Trinajstić information content (AvgIpc) is 2.91. The number of nitrogens with zero attached hydrogens (tertiary/aromatic N) is 1. The number of carbonyl (C=O) groups excluding carboxylic acids is 1. The van der Waals surface area contributed by atoms with E-state index in [0.29, 0.717) is 6.54 Å². The first-order chi connectivity index (χ1) is 8.25. The molecule has 2 aliphatic rings. The summed E-state index contributed by atoms with van der Waals surface area (Å²) >= 11 is 0. The Morgan fingerprint density at radius 1 is 1.41 bits per heavy atom. The van der Waals surface area contributed by atoms with E-state index in [4.69, 9.17) is 0 Å². The van der Waals surface area contributed by atoms with Gasteiger partial charge in [0, 0.05) is 19.1 Å². The highest BCUT2D eigenvalue weighted by Gasteiger charge is 2.55. The summed E-state index contributed by atoms with van der Waals surface area (Å²) in [4.78, 5) is 14.1. The number of rotatable bonds is 3. The van der Waals surface area contributed by atoms with Crippen molar-refractivity contribution in [2.24, 2.45) is 0 Å². The third-order valence-electron chi connectivity index (χ3n) is 3.84. The van der Waals surface area contributed by atoms with Crippen molar-refractivity contribution in [1.82, 2.24) is 10.2 Å². The number of nitrogens with one attached hydrogen (secondary N) is 1. The molecule has 90 valence electrons. The smallest absolute Gasteiger partial charge is 0.245 e. The molecule has 0 unspecified atom stereocenters. The Labute approximate surface area is 100 Å². The van der Waals surface area contributed by atoms with Crippen molar-refractivity contribution in [2.75, 3.05) is 13.2 Å². The zero-order valence-corrected chi connectivity index (χ0v) is 9.60. The Kier molecular flexibility index (Phi) is 2.42. The highest BCUT2D eigenvalue weighted by molar-refractivity contribution is 5.90. The zero-order chi connectivity index (χ0) is 11.9. The maximum Gasteiger partial charge on any atom is 0.245 e. The summed E-state index contributed by atoms with van der Waals surface area (Å²) in [5.41, 5.74) is 0.445. The Morgan fingerprint density at radius 2 is 2.18 bits per heavy atom. The molecule has 0 spiro atoms. The van der Waals surface area contributed by atoms with Gasteiger partial charge in [-0.3, -0.25) is 10.1 Å². The maximum atomic E-state index is 12.2. The van der Waals surface area contributed by atoms with Crippen LogP contribution in [0.1, 0.15) is 12.0 Å². The van der Waals surface area contributed by atoms with E-state index < -0.39 is 5.54 Å². The van der Waals surface area contributed by atoms with Crippen LogP contribution in [-0.4, -0.2) is 40.6 Å². The first-order valence-electron chi connectivity index (χ1n) is 5.96. The van der Waals surface area contributed by atoms with Gasteiger partial charge in [-0.05, 0) is 12.0 Å². The molecule has 2 saturated heterocycles. The number of piperazine rings is 1. The number of benzene rings is 1. The van der Waals surface area contributed by atoms with E-state index >= 15 is 0 Å². The highest BCUT2D eigenvalue weighted by atomic mass is 16.3. The molecule has 1 aromatic rings. The van der Waals surface area contributed by atoms with Crippen molar-refractivity contribution in [1.29, 1.82) is 0 Å². The van der Waals surface area contributed by atoms with Gasteiger partial charge in [0.1, 0.15) is 5.54 Å². The van der Waals surface area contributed by atoms with Crippen LogP contribution in [0, 0.1) is 0 Å². The molecule has 2 bridgehead atoms. The first kappa shape index (κ1) is 10.7. The number of hydrogen-bond donors (Lipinski definition) is 2. The Morgan fingerprint density at radius 3 is 2.82 bits per heavy atom. The monoisotopic (exact) mass is 232 g/mol. The van der Waals surface area contributed by atoms with Crippen molar-refractivity contribution in [3.05, 3.63) is 35.9 Å². The molecule has 4 nitrogen and oxygen atoms in total. The molecule has 2 fully saturated rings. The summed E-state index contributed by atoms with van der Waals surface area (Å²) < 4.78 is 0. The molecule has 0 aromatic heterocycles. The molecule has 1 amide bonds. The largest absolute Gasteiger partial charge is 0.394 e. The molecule has 17 heavy (non-hydrogen) atoms. The van der Waals surface area contributed by atoms with Gasteiger partial charge in [-0.15, -0.1) is 0 Å². The van der Waals surface area contributed by atoms with Crippen LogP contribution < -0.4 is 5.32 Å². The molecule has 4 heteroatoms. The summed E-state index contributed by atoms with van der Waals surface area (Å²) in [6.07, 6.45) is 0.731. The molecule has 2 atom stereocenters. The van der Waals surface area contributed by atoms with Crippen LogP contribution in [0.2, 0.25) is 0 Å². The van der Waals surface area contributed by atoms with E-state index in [0.717, 1.165) is 18.5 Å². The lowest BCUT2D eigenvalue weighted by Gasteiger charge is -2.32. The van der Waals surface area contributed by atoms with Crippen molar-refractivity contribution < 1.29 is 9.90 Å². The van der Waals surface area contributed by atoms with Gasteiger partial charge in [-0.25, -0.2) is 0 Å². The van der Waals surface area contributed by atoms with E-state index in [9.17, 15) is 9.90 Å². The third kappa shape index (κ3) is 1.56. The topological polar surface area (TPSA) is 52.6 Å². The van der Waals surface area contributed by atoms with E-state index in [2.05, 4.69) is 5.32 Å². The number of fused-ring (bicyclic) bond motifs is 2. The molecule has 2 aliphatic heterocycles. The van der Waals surface area contributed by atoms with Gasteiger partial charge >= 0.3 is 0 Å². The van der Waals surface area contributed by atoms with Crippen LogP contribution in [0.4, 0.5) is 0 Å². The van der Waals surface area contributed by atoms with E-state index in [1.54, 1.807) is 0 Å². The summed E-state index contributed by atoms with van der Waals surface area (Å²) in [5.74, 6) is 0.0418. The lowest BCUT2D eigenvalue weighted by molar-refractivity contribution is -0.138. The van der Waals surface area contributed by atoms with Gasteiger partial charge in [0.05, 0.1) is 6.61 Å². The Balaban J connectivity index is 1.80. The highest BCUT2D eigenvalue weighted by Crippen LogP contribution is 2.34. The lowest BCUT2D eigenvalue weighted by atomic mass is 10.0. The lowest BCUT2D eigenvalue weighted by Crippen LogP contribution is -2.57. The molecule has 3 rings (SSSR count). The third-order valence-corrected chi connectivity index (χ3v) is 3.84. The van der Waals surface area contributed by atoms with Gasteiger partial charge < -0.3 is 10.0 Å². The van der Waals surface area contributed by atoms with Crippen LogP contribution in [0.5, 0.6) is 0 Å². The predicted molar refractivity (Wildman–Crippen MR) is 63.2 cm³/mol. The van der Waals surface area contributed by atoms with Crippen LogP contribution in [0.25, 0.3) is 0 Å². The minimum Gasteiger partial charge on any atom is -0.394 e. The normalized spacial score (nSPS) is 31.2. The molecule has 1 aromatic carbocycles. The fourth-order valence-electron chi connectivity index (χ4n) is 2.85. The summed E-state index contributed by atoms with van der Waals surface area (Å²) in [6, 6.07) is 10.2. The van der Waals surface area contributed by atoms with Gasteiger partial charge in [0.2, 0.25) is 5.91 Å². The van der Waals surface area contributed by atoms with Crippen LogP contribution >= 0.6 is 0 Å². The predicted octanol–water partition coefficient (Wildman–Crippen LogP) is 0.122. The second-order valence-corrected chi connectivity index (χ2v) is 4.90. The quantitative estimate of drug-likeness (QED) is 0.778.